The summed E-state index contributed by atoms with van der Waals surface area (Å²) in [5, 5.41) is 0. The van der Waals surface area contributed by atoms with Crippen LogP contribution in [0.5, 0.6) is 0 Å². The SMILES string of the molecule is O=C(/C=C/C(=O)OC1(c2ccc(C(F)(F)F)cc2)CCC1)OCC(=O)OCC1c2ccccc2-c2ccccc21. The zero-order valence-corrected chi connectivity index (χ0v) is 21.3. The maximum absolute atomic E-state index is 12.9. The Labute approximate surface area is 228 Å². The van der Waals surface area contributed by atoms with E-state index in [4.69, 9.17) is 14.2 Å². The molecule has 2 aliphatic carbocycles. The molecule has 0 aliphatic heterocycles. The number of hydrogen-bond acceptors (Lipinski definition) is 6. The van der Waals surface area contributed by atoms with Crippen LogP contribution in [-0.2, 0) is 40.4 Å². The highest BCUT2D eigenvalue weighted by Crippen LogP contribution is 2.46. The van der Waals surface area contributed by atoms with Crippen LogP contribution in [0.4, 0.5) is 13.2 Å². The normalized spacial score (nSPS) is 15.6. The van der Waals surface area contributed by atoms with Crippen LogP contribution < -0.4 is 0 Å². The fourth-order valence-corrected chi connectivity index (χ4v) is 5.11. The van der Waals surface area contributed by atoms with Gasteiger partial charge in [-0.15, -0.1) is 0 Å². The molecule has 0 amide bonds. The fourth-order valence-electron chi connectivity index (χ4n) is 5.11. The smallest absolute Gasteiger partial charge is 0.416 e. The minimum Gasteiger partial charge on any atom is -0.462 e. The molecule has 6 nitrogen and oxygen atoms in total. The van der Waals surface area contributed by atoms with Gasteiger partial charge in [0, 0.05) is 18.1 Å². The Morgan fingerprint density at radius 1 is 0.800 bits per heavy atom. The second kappa shape index (κ2) is 11.0. The van der Waals surface area contributed by atoms with Gasteiger partial charge in [0.1, 0.15) is 12.2 Å². The Bertz CT molecular complexity index is 1410. The second-order valence-electron chi connectivity index (χ2n) is 9.70. The molecule has 0 unspecified atom stereocenters. The van der Waals surface area contributed by atoms with Gasteiger partial charge in [0.25, 0.3) is 0 Å². The maximum atomic E-state index is 12.9. The Kier molecular flexibility index (Phi) is 7.47. The fraction of sp³-hybridized carbons (Fsp3) is 0.258. The molecule has 0 bridgehead atoms. The van der Waals surface area contributed by atoms with E-state index in [-0.39, 0.29) is 12.5 Å². The number of carbonyl (C=O) groups is 3. The molecule has 5 rings (SSSR count). The Morgan fingerprint density at radius 2 is 1.38 bits per heavy atom. The van der Waals surface area contributed by atoms with Crippen LogP contribution in [0, 0.1) is 0 Å². The number of benzene rings is 3. The minimum atomic E-state index is -4.47. The topological polar surface area (TPSA) is 78.9 Å². The number of halogens is 3. The first kappa shape index (κ1) is 27.2. The number of ether oxygens (including phenoxy) is 3. The van der Waals surface area contributed by atoms with Crippen molar-refractivity contribution >= 4 is 17.9 Å². The summed E-state index contributed by atoms with van der Waals surface area (Å²) in [4.78, 5) is 36.7. The van der Waals surface area contributed by atoms with Crippen LogP contribution in [-0.4, -0.2) is 31.1 Å². The molecule has 0 spiro atoms. The van der Waals surface area contributed by atoms with Gasteiger partial charge < -0.3 is 14.2 Å². The Hall–Kier alpha value is -4.40. The van der Waals surface area contributed by atoms with E-state index >= 15 is 0 Å². The lowest BCUT2D eigenvalue weighted by Crippen LogP contribution is -2.38. The molecular weight excluding hydrogens is 525 g/mol. The van der Waals surface area contributed by atoms with Crippen molar-refractivity contribution in [1.29, 1.82) is 0 Å². The molecule has 0 atom stereocenters. The Morgan fingerprint density at radius 3 is 1.93 bits per heavy atom. The quantitative estimate of drug-likeness (QED) is 0.192. The van der Waals surface area contributed by atoms with Gasteiger partial charge in [-0.3, -0.25) is 0 Å². The largest absolute Gasteiger partial charge is 0.462 e. The van der Waals surface area contributed by atoms with Gasteiger partial charge in [-0.05, 0) is 59.2 Å². The zero-order chi connectivity index (χ0) is 28.3. The molecule has 40 heavy (non-hydrogen) atoms. The molecular formula is C31H25F3O6. The third-order valence-electron chi connectivity index (χ3n) is 7.26. The Balaban J connectivity index is 1.10. The van der Waals surface area contributed by atoms with E-state index in [0.717, 1.165) is 53.0 Å². The monoisotopic (exact) mass is 550 g/mol. The van der Waals surface area contributed by atoms with E-state index < -0.39 is 41.9 Å². The summed E-state index contributed by atoms with van der Waals surface area (Å²) in [6.07, 6.45) is -1.14. The van der Waals surface area contributed by atoms with Crippen LogP contribution in [0.25, 0.3) is 11.1 Å². The summed E-state index contributed by atoms with van der Waals surface area (Å²) in [6.45, 7) is -0.553. The van der Waals surface area contributed by atoms with Crippen molar-refractivity contribution in [2.45, 2.75) is 37.0 Å². The number of esters is 3. The lowest BCUT2D eigenvalue weighted by atomic mass is 9.74. The van der Waals surface area contributed by atoms with Crippen LogP contribution in [0.15, 0.2) is 84.9 Å². The van der Waals surface area contributed by atoms with E-state index in [0.29, 0.717) is 18.4 Å². The van der Waals surface area contributed by atoms with Gasteiger partial charge >= 0.3 is 24.1 Å². The molecule has 3 aromatic carbocycles. The zero-order valence-electron chi connectivity index (χ0n) is 21.3. The van der Waals surface area contributed by atoms with Gasteiger partial charge in [-0.25, -0.2) is 14.4 Å². The van der Waals surface area contributed by atoms with Gasteiger partial charge in [-0.1, -0.05) is 60.7 Å². The van der Waals surface area contributed by atoms with Crippen molar-refractivity contribution in [3.8, 4) is 11.1 Å². The van der Waals surface area contributed by atoms with E-state index in [9.17, 15) is 27.6 Å². The second-order valence-corrected chi connectivity index (χ2v) is 9.70. The van der Waals surface area contributed by atoms with Crippen molar-refractivity contribution in [3.63, 3.8) is 0 Å². The summed E-state index contributed by atoms with van der Waals surface area (Å²) < 4.78 is 54.4. The lowest BCUT2D eigenvalue weighted by molar-refractivity contribution is -0.165. The first-order chi connectivity index (χ1) is 19.2. The van der Waals surface area contributed by atoms with E-state index in [1.165, 1.54) is 12.1 Å². The van der Waals surface area contributed by atoms with E-state index in [1.807, 2.05) is 48.5 Å². The average Bonchev–Trinajstić information content (AvgIpc) is 3.25. The van der Waals surface area contributed by atoms with Crippen LogP contribution in [0.3, 0.4) is 0 Å². The number of rotatable bonds is 8. The molecule has 1 fully saturated rings. The number of alkyl halides is 3. The van der Waals surface area contributed by atoms with Crippen molar-refractivity contribution in [1.82, 2.24) is 0 Å². The minimum absolute atomic E-state index is 0.0820. The molecule has 0 heterocycles. The summed E-state index contributed by atoms with van der Waals surface area (Å²) in [7, 11) is 0. The van der Waals surface area contributed by atoms with Gasteiger partial charge in [-0.2, -0.15) is 13.2 Å². The van der Waals surface area contributed by atoms with E-state index in [2.05, 4.69) is 0 Å². The third kappa shape index (κ3) is 5.64. The van der Waals surface area contributed by atoms with E-state index in [1.54, 1.807) is 0 Å². The molecule has 0 N–H and O–H groups in total. The molecule has 1 saturated carbocycles. The molecule has 0 aromatic heterocycles. The molecule has 9 heteroatoms. The highest BCUT2D eigenvalue weighted by molar-refractivity contribution is 5.92. The van der Waals surface area contributed by atoms with Gasteiger partial charge in [0.15, 0.2) is 6.61 Å². The van der Waals surface area contributed by atoms with Gasteiger partial charge in [0.05, 0.1) is 5.56 Å². The molecule has 0 saturated heterocycles. The van der Waals surface area contributed by atoms with Crippen molar-refractivity contribution in [2.75, 3.05) is 13.2 Å². The van der Waals surface area contributed by atoms with Crippen molar-refractivity contribution < 1.29 is 41.8 Å². The summed E-state index contributed by atoms with van der Waals surface area (Å²) in [5.41, 5.74) is 2.89. The first-order valence-electron chi connectivity index (χ1n) is 12.8. The lowest BCUT2D eigenvalue weighted by Gasteiger charge is -2.41. The molecule has 0 radical (unpaired) electrons. The first-order valence-corrected chi connectivity index (χ1v) is 12.8. The number of carbonyl (C=O) groups excluding carboxylic acids is 3. The summed E-state index contributed by atoms with van der Waals surface area (Å²) >= 11 is 0. The molecule has 2 aliphatic rings. The third-order valence-corrected chi connectivity index (χ3v) is 7.26. The number of fused-ring (bicyclic) bond motifs is 3. The van der Waals surface area contributed by atoms with Crippen LogP contribution in [0.1, 0.15) is 47.4 Å². The highest BCUT2D eigenvalue weighted by Gasteiger charge is 2.43. The van der Waals surface area contributed by atoms with Crippen molar-refractivity contribution in [3.05, 3.63) is 107 Å². The maximum Gasteiger partial charge on any atom is 0.416 e. The van der Waals surface area contributed by atoms with Gasteiger partial charge in [0.2, 0.25) is 0 Å². The predicted octanol–water partition coefficient (Wildman–Crippen LogP) is 6.08. The van der Waals surface area contributed by atoms with Crippen LogP contribution in [0.2, 0.25) is 0 Å². The molecule has 3 aromatic rings. The predicted molar refractivity (Wildman–Crippen MR) is 138 cm³/mol. The van der Waals surface area contributed by atoms with Crippen molar-refractivity contribution in [2.24, 2.45) is 0 Å². The highest BCUT2D eigenvalue weighted by atomic mass is 19.4. The standard InChI is InChI=1S/C31H25F3O6/c32-31(33,34)21-12-10-20(11-13-21)30(16-5-17-30)40-28(36)15-14-27(35)39-19-29(37)38-18-26-24-8-3-1-6-22(24)23-7-2-4-9-25(23)26/h1-4,6-15,26H,5,16-19H2/b15-14+. The average molecular weight is 551 g/mol. The van der Waals surface area contributed by atoms with Crippen LogP contribution >= 0.6 is 0 Å². The summed E-state index contributed by atoms with van der Waals surface area (Å²) in [5.74, 6) is -2.66. The summed E-state index contributed by atoms with van der Waals surface area (Å²) in [6, 6.07) is 20.2. The number of hydrogen-bond donors (Lipinski definition) is 0. The molecule has 206 valence electrons.